The van der Waals surface area contributed by atoms with E-state index in [0.717, 1.165) is 23.8 Å². The van der Waals surface area contributed by atoms with Gasteiger partial charge in [0, 0.05) is 23.0 Å². The van der Waals surface area contributed by atoms with Crippen molar-refractivity contribution in [3.05, 3.63) is 41.6 Å². The molecule has 26 heavy (non-hydrogen) atoms. The summed E-state index contributed by atoms with van der Waals surface area (Å²) < 4.78 is 0. The van der Waals surface area contributed by atoms with Gasteiger partial charge in [-0.1, -0.05) is 38.5 Å². The highest BCUT2D eigenvalue weighted by atomic mass is 15.2. The molecule has 138 valence electrons. The molecule has 0 bridgehead atoms. The maximum absolute atomic E-state index is 5.25. The van der Waals surface area contributed by atoms with Crippen LogP contribution in [0.5, 0.6) is 0 Å². The van der Waals surface area contributed by atoms with E-state index in [4.69, 9.17) is 4.98 Å². The number of hydrogen-bond acceptors (Lipinski definition) is 2. The minimum absolute atomic E-state index is 0.667. The Morgan fingerprint density at radius 2 is 2.00 bits per heavy atom. The number of pyridine rings is 1. The van der Waals surface area contributed by atoms with Crippen LogP contribution in [0, 0.1) is 11.8 Å². The number of likely N-dealkylation sites (tertiary alicyclic amines) is 1. The third-order valence-electron chi connectivity index (χ3n) is 7.64. The highest BCUT2D eigenvalue weighted by Crippen LogP contribution is 2.57. The van der Waals surface area contributed by atoms with Gasteiger partial charge in [-0.25, -0.2) is 0 Å². The number of hydrogen-bond donors (Lipinski definition) is 0. The van der Waals surface area contributed by atoms with Gasteiger partial charge >= 0.3 is 0 Å². The van der Waals surface area contributed by atoms with E-state index in [1.165, 1.54) is 68.2 Å². The van der Waals surface area contributed by atoms with Crippen molar-refractivity contribution in [3.8, 4) is 0 Å². The summed E-state index contributed by atoms with van der Waals surface area (Å²) >= 11 is 0. The number of fused-ring (bicyclic) bond motifs is 3. The van der Waals surface area contributed by atoms with E-state index >= 15 is 0 Å². The molecule has 2 heterocycles. The smallest absolute Gasteiger partial charge is 0.0705 e. The van der Waals surface area contributed by atoms with Crippen molar-refractivity contribution in [3.63, 3.8) is 0 Å². The number of nitrogens with zero attached hydrogens (tertiary/aromatic N) is 2. The van der Waals surface area contributed by atoms with E-state index in [2.05, 4.69) is 49.1 Å². The minimum Gasteiger partial charge on any atom is -0.300 e. The van der Waals surface area contributed by atoms with Crippen LogP contribution in [0.4, 0.5) is 0 Å². The lowest BCUT2D eigenvalue weighted by Crippen LogP contribution is -2.55. The molecule has 1 aromatic heterocycles. The normalized spacial score (nSPS) is 33.7. The standard InChI is InChI=1S/C24H32N2/c1-3-13-26-14-12-19-20-15-16-8-5-6-10-21(16)25-24(20)17(4-2)18-9-7-11-22(26)23(18)19/h5-6,8,10,15,17-19,22-23H,3-4,7,9,11-14H2,1-2H3/t17-,18-,19+,22-,23+/m0/s1. The maximum atomic E-state index is 5.25. The van der Waals surface area contributed by atoms with E-state index in [0.29, 0.717) is 5.92 Å². The highest BCUT2D eigenvalue weighted by molar-refractivity contribution is 5.80. The monoisotopic (exact) mass is 348 g/mol. The van der Waals surface area contributed by atoms with E-state index in [9.17, 15) is 0 Å². The number of aromatic nitrogens is 1. The first-order chi connectivity index (χ1) is 12.8. The molecule has 1 aliphatic heterocycles. The fraction of sp³-hybridized carbons (Fsp3) is 0.625. The van der Waals surface area contributed by atoms with Gasteiger partial charge in [-0.3, -0.25) is 4.98 Å². The molecule has 1 saturated heterocycles. The fourth-order valence-electron chi connectivity index (χ4n) is 6.73. The predicted octanol–water partition coefficient (Wildman–Crippen LogP) is 5.73. The highest BCUT2D eigenvalue weighted by Gasteiger charge is 2.50. The Hall–Kier alpha value is -1.41. The van der Waals surface area contributed by atoms with Crippen molar-refractivity contribution >= 4 is 10.9 Å². The van der Waals surface area contributed by atoms with Crippen molar-refractivity contribution in [2.24, 2.45) is 11.8 Å². The number of rotatable bonds is 3. The lowest BCUT2D eigenvalue weighted by molar-refractivity contribution is -0.00813. The molecular formula is C24H32N2. The van der Waals surface area contributed by atoms with E-state index in [-0.39, 0.29) is 0 Å². The predicted molar refractivity (Wildman–Crippen MR) is 109 cm³/mol. The van der Waals surface area contributed by atoms with E-state index in [1.54, 1.807) is 5.56 Å². The molecular weight excluding hydrogens is 316 g/mol. The molecule has 0 amide bonds. The molecule has 2 aliphatic carbocycles. The first-order valence-electron chi connectivity index (χ1n) is 11.0. The Labute approximate surface area is 158 Å². The number of benzene rings is 1. The quantitative estimate of drug-likeness (QED) is 0.704. The number of piperidine rings is 1. The van der Waals surface area contributed by atoms with E-state index in [1.807, 2.05) is 0 Å². The summed E-state index contributed by atoms with van der Waals surface area (Å²) in [4.78, 5) is 8.09. The van der Waals surface area contributed by atoms with Crippen LogP contribution in [0.1, 0.15) is 75.5 Å². The molecule has 2 aromatic rings. The van der Waals surface area contributed by atoms with Gasteiger partial charge in [0.2, 0.25) is 0 Å². The third-order valence-corrected chi connectivity index (χ3v) is 7.64. The van der Waals surface area contributed by atoms with Crippen molar-refractivity contribution < 1.29 is 0 Å². The summed E-state index contributed by atoms with van der Waals surface area (Å²) in [6, 6.07) is 12.1. The summed E-state index contributed by atoms with van der Waals surface area (Å²) in [7, 11) is 0. The number of para-hydroxylation sites is 1. The lowest BCUT2D eigenvalue weighted by Gasteiger charge is -2.56. The summed E-state index contributed by atoms with van der Waals surface area (Å²) in [6.07, 6.45) is 8.12. The fourth-order valence-corrected chi connectivity index (χ4v) is 6.73. The summed E-state index contributed by atoms with van der Waals surface area (Å²) in [5.74, 6) is 3.13. The van der Waals surface area contributed by atoms with Crippen LogP contribution >= 0.6 is 0 Å². The van der Waals surface area contributed by atoms with Crippen LogP contribution in [-0.4, -0.2) is 29.0 Å². The zero-order valence-electron chi connectivity index (χ0n) is 16.3. The first kappa shape index (κ1) is 16.7. The Balaban J connectivity index is 1.65. The second kappa shape index (κ2) is 6.64. The van der Waals surface area contributed by atoms with Crippen molar-refractivity contribution in [2.75, 3.05) is 13.1 Å². The second-order valence-electron chi connectivity index (χ2n) is 8.84. The SMILES string of the molecule is CCCN1CC[C@@H]2c3cc4ccccc4nc3[C@@H](CC)[C@@H]3CCC[C@H]1[C@H]32. The molecule has 2 nitrogen and oxygen atoms in total. The second-order valence-corrected chi connectivity index (χ2v) is 8.84. The Morgan fingerprint density at radius 1 is 1.12 bits per heavy atom. The van der Waals surface area contributed by atoms with Gasteiger partial charge in [-0.15, -0.1) is 0 Å². The zero-order valence-corrected chi connectivity index (χ0v) is 16.3. The van der Waals surface area contributed by atoms with Crippen LogP contribution in [0.3, 0.4) is 0 Å². The average Bonchev–Trinajstić information content (AvgIpc) is 2.68. The Kier molecular flexibility index (Phi) is 4.27. The largest absolute Gasteiger partial charge is 0.300 e. The molecule has 0 spiro atoms. The Morgan fingerprint density at radius 3 is 2.85 bits per heavy atom. The molecule has 0 unspecified atom stereocenters. The van der Waals surface area contributed by atoms with Gasteiger partial charge < -0.3 is 4.90 Å². The van der Waals surface area contributed by atoms with Crippen molar-refractivity contribution in [2.45, 2.75) is 70.3 Å². The van der Waals surface area contributed by atoms with Gasteiger partial charge in [0.1, 0.15) is 0 Å². The van der Waals surface area contributed by atoms with Gasteiger partial charge in [0.05, 0.1) is 5.52 Å². The van der Waals surface area contributed by atoms with Crippen LogP contribution in [0.2, 0.25) is 0 Å². The van der Waals surface area contributed by atoms with E-state index < -0.39 is 0 Å². The molecule has 5 atom stereocenters. The molecule has 0 N–H and O–H groups in total. The van der Waals surface area contributed by atoms with Crippen LogP contribution < -0.4 is 0 Å². The van der Waals surface area contributed by atoms with Gasteiger partial charge in [0.15, 0.2) is 0 Å². The van der Waals surface area contributed by atoms with Crippen molar-refractivity contribution in [1.29, 1.82) is 0 Å². The molecule has 2 fully saturated rings. The van der Waals surface area contributed by atoms with Crippen LogP contribution in [0.15, 0.2) is 30.3 Å². The van der Waals surface area contributed by atoms with Gasteiger partial charge in [-0.2, -0.15) is 0 Å². The third kappa shape index (κ3) is 2.45. The summed E-state index contributed by atoms with van der Waals surface area (Å²) in [5.41, 5.74) is 4.26. The van der Waals surface area contributed by atoms with Crippen molar-refractivity contribution in [1.82, 2.24) is 9.88 Å². The molecule has 1 saturated carbocycles. The molecule has 5 rings (SSSR count). The first-order valence-corrected chi connectivity index (χ1v) is 11.0. The zero-order chi connectivity index (χ0) is 17.7. The maximum Gasteiger partial charge on any atom is 0.0705 e. The summed E-state index contributed by atoms with van der Waals surface area (Å²) in [5, 5.41) is 1.34. The summed E-state index contributed by atoms with van der Waals surface area (Å²) in [6.45, 7) is 7.31. The Bertz CT molecular complexity index is 798. The molecule has 1 aromatic carbocycles. The average molecular weight is 349 g/mol. The minimum atomic E-state index is 0.667. The van der Waals surface area contributed by atoms with Gasteiger partial charge in [-0.05, 0) is 80.6 Å². The molecule has 3 aliphatic rings. The van der Waals surface area contributed by atoms with Crippen LogP contribution in [-0.2, 0) is 0 Å². The molecule has 2 heteroatoms. The molecule has 0 radical (unpaired) electrons. The van der Waals surface area contributed by atoms with Gasteiger partial charge in [0.25, 0.3) is 0 Å². The topological polar surface area (TPSA) is 16.1 Å². The van der Waals surface area contributed by atoms with Crippen LogP contribution in [0.25, 0.3) is 10.9 Å². The lowest BCUT2D eigenvalue weighted by atomic mass is 9.55.